The Bertz CT molecular complexity index is 2060. The zero-order chi connectivity index (χ0) is 39.2. The van der Waals surface area contributed by atoms with Crippen LogP contribution in [-0.4, -0.2) is 85.8 Å². The number of aromatic amines is 2. The maximum absolute atomic E-state index is 14.8. The number of fused-ring (bicyclic) bond motifs is 3. The second kappa shape index (κ2) is 15.2. The molecule has 5 N–H and O–H groups in total. The number of likely N-dealkylation sites (tertiary alicyclic amines) is 2. The van der Waals surface area contributed by atoms with Gasteiger partial charge < -0.3 is 35.6 Å². The van der Waals surface area contributed by atoms with E-state index in [0.717, 1.165) is 76.5 Å². The van der Waals surface area contributed by atoms with Crippen molar-refractivity contribution in [3.8, 4) is 33.6 Å². The molecule has 7 rings (SSSR count). The van der Waals surface area contributed by atoms with E-state index in [9.17, 15) is 23.2 Å². The molecule has 2 fully saturated rings. The van der Waals surface area contributed by atoms with E-state index < -0.39 is 49.0 Å². The molecule has 292 valence electrons. The second-order valence-electron chi connectivity index (χ2n) is 15.8. The summed E-state index contributed by atoms with van der Waals surface area (Å²) in [5.41, 5.74) is 14.2. The van der Waals surface area contributed by atoms with Crippen LogP contribution in [0, 0.1) is 11.8 Å². The molecule has 0 bridgehead atoms. The Morgan fingerprint density at radius 3 is 2.35 bits per heavy atom. The molecule has 4 aromatic rings. The van der Waals surface area contributed by atoms with Gasteiger partial charge in [-0.1, -0.05) is 70.2 Å². The number of carbonyl (C=O) groups excluding carboxylic acids is 3. The van der Waals surface area contributed by atoms with Crippen LogP contribution in [0.4, 0.5) is 13.6 Å². The Morgan fingerprint density at radius 1 is 0.909 bits per heavy atom. The van der Waals surface area contributed by atoms with Gasteiger partial charge in [0.25, 0.3) is 5.92 Å². The van der Waals surface area contributed by atoms with Gasteiger partial charge in [0.15, 0.2) is 0 Å². The summed E-state index contributed by atoms with van der Waals surface area (Å²) in [4.78, 5) is 58.0. The number of methoxy groups -OCH3 is 1. The molecule has 4 atom stereocenters. The summed E-state index contributed by atoms with van der Waals surface area (Å²) >= 11 is 0. The number of aromatic nitrogens is 4. The molecule has 2 aromatic heterocycles. The number of nitrogens with two attached hydrogens (primary N) is 1. The first-order chi connectivity index (χ1) is 26.2. The van der Waals surface area contributed by atoms with Crippen molar-refractivity contribution in [2.75, 3.05) is 20.2 Å². The summed E-state index contributed by atoms with van der Waals surface area (Å²) < 4.78 is 34.3. The Morgan fingerprint density at radius 2 is 1.64 bits per heavy atom. The topological polar surface area (TPSA) is 162 Å². The van der Waals surface area contributed by atoms with Crippen LogP contribution in [0.15, 0.2) is 48.7 Å². The zero-order valence-electron chi connectivity index (χ0n) is 32.0. The number of benzene rings is 2. The van der Waals surface area contributed by atoms with E-state index in [2.05, 4.69) is 43.2 Å². The number of carbonyl (C=O) groups is 3. The number of amides is 3. The number of alkyl halides is 2. The van der Waals surface area contributed by atoms with Gasteiger partial charge >= 0.3 is 6.09 Å². The van der Waals surface area contributed by atoms with Crippen molar-refractivity contribution in [3.05, 3.63) is 71.6 Å². The van der Waals surface area contributed by atoms with E-state index >= 15 is 0 Å². The third-order valence-corrected chi connectivity index (χ3v) is 11.3. The summed E-state index contributed by atoms with van der Waals surface area (Å²) in [6, 6.07) is 11.7. The van der Waals surface area contributed by atoms with Crippen molar-refractivity contribution in [2.45, 2.75) is 96.3 Å². The molecule has 2 aromatic carbocycles. The van der Waals surface area contributed by atoms with E-state index in [-0.39, 0.29) is 29.6 Å². The van der Waals surface area contributed by atoms with Gasteiger partial charge in [-0.3, -0.25) is 9.59 Å². The standard InChI is InChI=1S/C41H50F2N8O4/c1-22(2)33(44)38(52)50-17-7-10-31(50)37-46-29-9-6-8-27-18-26(15-16-28(27)35(29)48-37)24-11-13-25(14-12-24)30-20-45-36(47-30)32-19-41(42,43)21-51(32)39(53)34(23(3)4)49-40(54)55-5/h11-16,18,20,22-23,31-34H,6-10,17,19,21,44H2,1-5H3,(H,45,47)(H,46,48)(H,49,54)/t31-,32-,33-,34-/m0/s1. The first-order valence-corrected chi connectivity index (χ1v) is 19.2. The molecule has 0 radical (unpaired) electrons. The average molecular weight is 757 g/mol. The van der Waals surface area contributed by atoms with E-state index in [1.165, 1.54) is 12.7 Å². The van der Waals surface area contributed by atoms with Crippen LogP contribution in [0.2, 0.25) is 0 Å². The maximum Gasteiger partial charge on any atom is 0.407 e. The highest BCUT2D eigenvalue weighted by atomic mass is 19.3. The second-order valence-corrected chi connectivity index (χ2v) is 15.8. The predicted molar refractivity (Wildman–Crippen MR) is 204 cm³/mol. The first-order valence-electron chi connectivity index (χ1n) is 19.2. The summed E-state index contributed by atoms with van der Waals surface area (Å²) in [7, 11) is 1.18. The lowest BCUT2D eigenvalue weighted by molar-refractivity contribution is -0.137. The Labute approximate surface area is 319 Å². The summed E-state index contributed by atoms with van der Waals surface area (Å²) in [5.74, 6) is -2.96. The number of ether oxygens (including phenoxy) is 1. The normalized spacial score (nSPS) is 20.3. The number of hydrogen-bond donors (Lipinski definition) is 4. The van der Waals surface area contributed by atoms with E-state index in [4.69, 9.17) is 10.7 Å². The lowest BCUT2D eigenvalue weighted by Gasteiger charge is -2.29. The number of alkyl carbamates (subject to hydrolysis) is 1. The number of imidazole rings is 2. The molecule has 14 heteroatoms. The van der Waals surface area contributed by atoms with Crippen LogP contribution in [0.25, 0.3) is 33.6 Å². The summed E-state index contributed by atoms with van der Waals surface area (Å²) in [6.07, 6.45) is 4.72. The molecule has 55 heavy (non-hydrogen) atoms. The number of nitrogens with one attached hydrogen (secondary N) is 3. The molecule has 0 unspecified atom stereocenters. The van der Waals surface area contributed by atoms with Crippen LogP contribution in [-0.2, 0) is 27.2 Å². The maximum atomic E-state index is 14.8. The minimum Gasteiger partial charge on any atom is -0.453 e. The zero-order valence-corrected chi connectivity index (χ0v) is 32.0. The number of nitrogens with zero attached hydrogens (tertiary/aromatic N) is 4. The van der Waals surface area contributed by atoms with E-state index in [1.54, 1.807) is 20.0 Å². The smallest absolute Gasteiger partial charge is 0.407 e. The van der Waals surface area contributed by atoms with Crippen LogP contribution in [0.1, 0.15) is 88.4 Å². The summed E-state index contributed by atoms with van der Waals surface area (Å²) in [6.45, 7) is 7.31. The fourth-order valence-electron chi connectivity index (χ4n) is 8.12. The van der Waals surface area contributed by atoms with Crippen molar-refractivity contribution in [1.29, 1.82) is 0 Å². The molecule has 3 amide bonds. The highest BCUT2D eigenvalue weighted by Crippen LogP contribution is 2.42. The van der Waals surface area contributed by atoms with Gasteiger partial charge in [-0.25, -0.2) is 23.5 Å². The molecule has 4 heterocycles. The van der Waals surface area contributed by atoms with Gasteiger partial charge in [-0.15, -0.1) is 0 Å². The highest BCUT2D eigenvalue weighted by molar-refractivity contribution is 5.86. The van der Waals surface area contributed by atoms with Crippen LogP contribution >= 0.6 is 0 Å². The first kappa shape index (κ1) is 38.2. The fourth-order valence-corrected chi connectivity index (χ4v) is 8.12. The molecule has 0 saturated carbocycles. The van der Waals surface area contributed by atoms with E-state index in [0.29, 0.717) is 12.2 Å². The number of halogens is 2. The molecule has 1 aliphatic carbocycles. The average Bonchev–Trinajstić information content (AvgIpc) is 3.97. The third kappa shape index (κ3) is 7.60. The number of H-pyrrole nitrogens is 2. The third-order valence-electron chi connectivity index (χ3n) is 11.3. The molecule has 12 nitrogen and oxygen atoms in total. The summed E-state index contributed by atoms with van der Waals surface area (Å²) in [5, 5.41) is 2.49. The van der Waals surface area contributed by atoms with Gasteiger partial charge in [0, 0.05) is 24.2 Å². The Kier molecular flexibility index (Phi) is 10.5. The van der Waals surface area contributed by atoms with Crippen LogP contribution in [0.5, 0.6) is 0 Å². The molecular formula is C41H50F2N8O4. The number of hydrogen-bond acceptors (Lipinski definition) is 7. The number of rotatable bonds is 9. The quantitative estimate of drug-likeness (QED) is 0.150. The monoisotopic (exact) mass is 756 g/mol. The molecule has 0 spiro atoms. The van der Waals surface area contributed by atoms with Gasteiger partial charge in [0.1, 0.15) is 17.7 Å². The molecule has 2 aliphatic heterocycles. The van der Waals surface area contributed by atoms with Gasteiger partial charge in [0.05, 0.1) is 49.4 Å². The van der Waals surface area contributed by atoms with Gasteiger partial charge in [-0.2, -0.15) is 0 Å². The Balaban J connectivity index is 1.09. The van der Waals surface area contributed by atoms with Crippen molar-refractivity contribution >= 4 is 17.9 Å². The largest absolute Gasteiger partial charge is 0.453 e. The van der Waals surface area contributed by atoms with Crippen LogP contribution < -0.4 is 11.1 Å². The minimum absolute atomic E-state index is 0.0173. The predicted octanol–water partition coefficient (Wildman–Crippen LogP) is 6.56. The minimum atomic E-state index is -3.12. The van der Waals surface area contributed by atoms with Crippen molar-refractivity contribution in [1.82, 2.24) is 35.1 Å². The van der Waals surface area contributed by atoms with Gasteiger partial charge in [0.2, 0.25) is 11.8 Å². The van der Waals surface area contributed by atoms with Gasteiger partial charge in [-0.05, 0) is 66.2 Å². The van der Waals surface area contributed by atoms with Crippen molar-refractivity contribution in [3.63, 3.8) is 0 Å². The van der Waals surface area contributed by atoms with Crippen molar-refractivity contribution < 1.29 is 27.9 Å². The lowest BCUT2D eigenvalue weighted by atomic mass is 9.95. The lowest BCUT2D eigenvalue weighted by Crippen LogP contribution is -2.51. The van der Waals surface area contributed by atoms with E-state index in [1.807, 2.05) is 43.0 Å². The fraction of sp³-hybridized carbons (Fsp3) is 0.488. The highest BCUT2D eigenvalue weighted by Gasteiger charge is 2.50. The number of aryl methyl sites for hydroxylation is 2. The van der Waals surface area contributed by atoms with Crippen LogP contribution in [0.3, 0.4) is 0 Å². The molecule has 3 aliphatic rings. The Hall–Kier alpha value is -5.11. The molecule has 2 saturated heterocycles. The SMILES string of the molecule is COC(=O)N[C@H](C(=O)N1CC(F)(F)C[C@H]1c1ncc(-c2ccc(-c3ccc4c(c3)CCCc3[nH]c([C@@H]5CCCN5C(=O)[C@@H](N)C(C)C)nc3-4)cc2)[nH]1)C(C)C. The molecular weight excluding hydrogens is 706 g/mol. The van der Waals surface area contributed by atoms with Crippen molar-refractivity contribution in [2.24, 2.45) is 17.6 Å².